The van der Waals surface area contributed by atoms with Gasteiger partial charge >= 0.3 is 0 Å². The number of nitrogens with zero attached hydrogens (tertiary/aromatic N) is 2. The summed E-state index contributed by atoms with van der Waals surface area (Å²) in [5.41, 5.74) is -0.138. The molecule has 0 spiro atoms. The predicted octanol–water partition coefficient (Wildman–Crippen LogP) is 1.78. The zero-order chi connectivity index (χ0) is 14.0. The SMILES string of the molecule is CC(C)(C)c1nnc(NC(=O)c2cc[nH]c(=O)c2)s1. The van der Waals surface area contributed by atoms with Crippen LogP contribution in [0.2, 0.25) is 0 Å². The van der Waals surface area contributed by atoms with Gasteiger partial charge in [-0.3, -0.25) is 14.9 Å². The highest BCUT2D eigenvalue weighted by Crippen LogP contribution is 2.27. The molecule has 0 saturated carbocycles. The van der Waals surface area contributed by atoms with E-state index >= 15 is 0 Å². The Hall–Kier alpha value is -2.02. The number of carbonyl (C=O) groups is 1. The second-order valence-electron chi connectivity index (χ2n) is 5.06. The van der Waals surface area contributed by atoms with Gasteiger partial charge in [-0.1, -0.05) is 32.1 Å². The summed E-state index contributed by atoms with van der Waals surface area (Å²) >= 11 is 1.33. The van der Waals surface area contributed by atoms with Gasteiger partial charge in [0.1, 0.15) is 5.01 Å². The number of hydrogen-bond donors (Lipinski definition) is 2. The molecule has 6 nitrogen and oxygen atoms in total. The average Bonchev–Trinajstić information content (AvgIpc) is 2.77. The van der Waals surface area contributed by atoms with Crippen LogP contribution in [0.5, 0.6) is 0 Å². The maximum atomic E-state index is 11.9. The highest BCUT2D eigenvalue weighted by molar-refractivity contribution is 7.15. The first-order chi connectivity index (χ1) is 8.86. The van der Waals surface area contributed by atoms with E-state index in [9.17, 15) is 9.59 Å². The highest BCUT2D eigenvalue weighted by Gasteiger charge is 2.20. The third-order valence-electron chi connectivity index (χ3n) is 2.32. The molecule has 2 aromatic rings. The highest BCUT2D eigenvalue weighted by atomic mass is 32.1. The topological polar surface area (TPSA) is 87.7 Å². The van der Waals surface area contributed by atoms with Crippen molar-refractivity contribution >= 4 is 22.4 Å². The van der Waals surface area contributed by atoms with Gasteiger partial charge in [0.25, 0.3) is 5.91 Å². The molecule has 0 aliphatic rings. The fraction of sp³-hybridized carbons (Fsp3) is 0.333. The normalized spacial score (nSPS) is 11.3. The lowest BCUT2D eigenvalue weighted by atomic mass is 9.98. The summed E-state index contributed by atoms with van der Waals surface area (Å²) in [7, 11) is 0. The number of amides is 1. The van der Waals surface area contributed by atoms with Gasteiger partial charge in [0.2, 0.25) is 10.7 Å². The van der Waals surface area contributed by atoms with Crippen molar-refractivity contribution in [2.45, 2.75) is 26.2 Å². The zero-order valence-electron chi connectivity index (χ0n) is 10.9. The van der Waals surface area contributed by atoms with E-state index in [-0.39, 0.29) is 22.4 Å². The standard InChI is InChI=1S/C12H14N4O2S/c1-12(2,3)10-15-16-11(19-10)14-9(18)7-4-5-13-8(17)6-7/h4-6H,1-3H3,(H,13,17)(H,14,16,18). The summed E-state index contributed by atoms with van der Waals surface area (Å²) in [6.45, 7) is 6.07. The van der Waals surface area contributed by atoms with E-state index in [1.807, 2.05) is 20.8 Å². The molecule has 0 aliphatic carbocycles. The number of anilines is 1. The minimum atomic E-state index is -0.372. The van der Waals surface area contributed by atoms with Crippen molar-refractivity contribution in [1.82, 2.24) is 15.2 Å². The van der Waals surface area contributed by atoms with Crippen LogP contribution in [-0.2, 0) is 5.41 Å². The monoisotopic (exact) mass is 278 g/mol. The molecule has 0 aromatic carbocycles. The number of rotatable bonds is 2. The molecule has 0 bridgehead atoms. The Morgan fingerprint density at radius 3 is 2.68 bits per heavy atom. The van der Waals surface area contributed by atoms with E-state index in [1.165, 1.54) is 29.7 Å². The first kappa shape index (κ1) is 13.4. The summed E-state index contributed by atoms with van der Waals surface area (Å²) in [6.07, 6.45) is 1.43. The van der Waals surface area contributed by atoms with Crippen LogP contribution in [0.1, 0.15) is 36.1 Å². The number of hydrogen-bond acceptors (Lipinski definition) is 5. The molecule has 0 radical (unpaired) electrons. The Kier molecular flexibility index (Phi) is 3.48. The van der Waals surface area contributed by atoms with Gasteiger partial charge in [-0.05, 0) is 6.07 Å². The number of nitrogens with one attached hydrogen (secondary N) is 2. The second kappa shape index (κ2) is 4.93. The largest absolute Gasteiger partial charge is 0.329 e. The molecule has 0 saturated heterocycles. The summed E-state index contributed by atoms with van der Waals surface area (Å²) in [4.78, 5) is 25.5. The summed E-state index contributed by atoms with van der Waals surface area (Å²) in [5.74, 6) is -0.372. The third kappa shape index (κ3) is 3.25. The molecular formula is C12H14N4O2S. The molecule has 2 aromatic heterocycles. The first-order valence-electron chi connectivity index (χ1n) is 5.70. The number of carbonyl (C=O) groups excluding carboxylic acids is 1. The van der Waals surface area contributed by atoms with E-state index in [1.54, 1.807) is 0 Å². The van der Waals surface area contributed by atoms with Gasteiger partial charge in [-0.15, -0.1) is 10.2 Å². The van der Waals surface area contributed by atoms with Crippen LogP contribution in [0, 0.1) is 0 Å². The number of pyridine rings is 1. The van der Waals surface area contributed by atoms with Crippen molar-refractivity contribution in [3.63, 3.8) is 0 Å². The van der Waals surface area contributed by atoms with Crippen molar-refractivity contribution in [2.24, 2.45) is 0 Å². The molecule has 7 heteroatoms. The van der Waals surface area contributed by atoms with Gasteiger partial charge in [0.15, 0.2) is 0 Å². The van der Waals surface area contributed by atoms with E-state index in [4.69, 9.17) is 0 Å². The number of aromatic amines is 1. The smallest absolute Gasteiger partial charge is 0.257 e. The number of H-pyrrole nitrogens is 1. The van der Waals surface area contributed by atoms with Crippen LogP contribution in [0.15, 0.2) is 23.1 Å². The van der Waals surface area contributed by atoms with E-state index < -0.39 is 0 Å². The molecule has 0 fully saturated rings. The van der Waals surface area contributed by atoms with Crippen molar-refractivity contribution in [2.75, 3.05) is 5.32 Å². The Bertz CT molecular complexity index is 654. The maximum absolute atomic E-state index is 11.9. The van der Waals surface area contributed by atoms with Crippen molar-refractivity contribution in [1.29, 1.82) is 0 Å². The van der Waals surface area contributed by atoms with Gasteiger partial charge < -0.3 is 4.98 Å². The molecule has 2 heterocycles. The molecule has 100 valence electrons. The van der Waals surface area contributed by atoms with Crippen LogP contribution >= 0.6 is 11.3 Å². The molecule has 0 unspecified atom stereocenters. The molecule has 2 rings (SSSR count). The first-order valence-corrected chi connectivity index (χ1v) is 6.52. The Labute approximate surface area is 113 Å². The van der Waals surface area contributed by atoms with Crippen LogP contribution < -0.4 is 10.9 Å². The lowest BCUT2D eigenvalue weighted by Gasteiger charge is -2.12. The van der Waals surface area contributed by atoms with Gasteiger partial charge in [-0.2, -0.15) is 0 Å². The Morgan fingerprint density at radius 2 is 2.11 bits per heavy atom. The quantitative estimate of drug-likeness (QED) is 0.876. The minimum Gasteiger partial charge on any atom is -0.329 e. The van der Waals surface area contributed by atoms with E-state index in [0.29, 0.717) is 5.13 Å². The molecular weight excluding hydrogens is 264 g/mol. The Balaban J connectivity index is 2.16. The Morgan fingerprint density at radius 1 is 1.37 bits per heavy atom. The van der Waals surface area contributed by atoms with Crippen LogP contribution in [0.3, 0.4) is 0 Å². The number of aromatic nitrogens is 3. The third-order valence-corrected chi connectivity index (χ3v) is 3.59. The van der Waals surface area contributed by atoms with E-state index in [2.05, 4.69) is 20.5 Å². The fourth-order valence-corrected chi connectivity index (χ4v) is 2.13. The second-order valence-corrected chi connectivity index (χ2v) is 6.04. The molecule has 19 heavy (non-hydrogen) atoms. The maximum Gasteiger partial charge on any atom is 0.257 e. The minimum absolute atomic E-state index is 0.107. The van der Waals surface area contributed by atoms with Gasteiger partial charge in [0.05, 0.1) is 0 Å². The summed E-state index contributed by atoms with van der Waals surface area (Å²) in [5, 5.41) is 11.9. The molecule has 2 N–H and O–H groups in total. The lowest BCUT2D eigenvalue weighted by Crippen LogP contribution is -2.15. The summed E-state index contributed by atoms with van der Waals surface area (Å²) in [6, 6.07) is 2.77. The lowest BCUT2D eigenvalue weighted by molar-refractivity contribution is 0.102. The van der Waals surface area contributed by atoms with Crippen molar-refractivity contribution in [3.8, 4) is 0 Å². The van der Waals surface area contributed by atoms with Crippen LogP contribution in [0.25, 0.3) is 0 Å². The van der Waals surface area contributed by atoms with Crippen LogP contribution in [-0.4, -0.2) is 21.1 Å². The van der Waals surface area contributed by atoms with Gasteiger partial charge in [-0.25, -0.2) is 0 Å². The molecule has 1 amide bonds. The van der Waals surface area contributed by atoms with Crippen molar-refractivity contribution in [3.05, 3.63) is 39.3 Å². The van der Waals surface area contributed by atoms with Crippen LogP contribution in [0.4, 0.5) is 5.13 Å². The van der Waals surface area contributed by atoms with Gasteiger partial charge in [0, 0.05) is 23.2 Å². The predicted molar refractivity (Wildman–Crippen MR) is 73.6 cm³/mol. The van der Waals surface area contributed by atoms with Crippen molar-refractivity contribution < 1.29 is 4.79 Å². The average molecular weight is 278 g/mol. The zero-order valence-corrected chi connectivity index (χ0v) is 11.7. The molecule has 0 atom stereocenters. The summed E-state index contributed by atoms with van der Waals surface area (Å²) < 4.78 is 0. The van der Waals surface area contributed by atoms with E-state index in [0.717, 1.165) is 5.01 Å². The molecule has 0 aliphatic heterocycles. The fourth-order valence-electron chi connectivity index (χ4n) is 1.33.